The maximum atomic E-state index is 6.71. The fraction of sp³-hybridized carbons (Fsp3) is 0.0545. The molecule has 0 atom stereocenters. The van der Waals surface area contributed by atoms with Crippen molar-refractivity contribution in [3.05, 3.63) is 187 Å². The van der Waals surface area contributed by atoms with Crippen LogP contribution in [0.15, 0.2) is 180 Å². The Hall–Kier alpha value is -7.76. The summed E-state index contributed by atoms with van der Waals surface area (Å²) in [4.78, 5) is 10.2. The number of furan rings is 1. The Bertz CT molecular complexity index is 3690. The zero-order valence-electron chi connectivity index (χ0n) is 32.6. The van der Waals surface area contributed by atoms with E-state index < -0.39 is 0 Å². The van der Waals surface area contributed by atoms with Gasteiger partial charge in [-0.3, -0.25) is 0 Å². The van der Waals surface area contributed by atoms with Crippen molar-refractivity contribution in [3.8, 4) is 39.5 Å². The number of para-hydroxylation sites is 2. The largest absolute Gasteiger partial charge is 0.456 e. The summed E-state index contributed by atoms with van der Waals surface area (Å²) < 4.78 is 11.5. The smallest absolute Gasteiger partial charge is 0.160 e. The van der Waals surface area contributed by atoms with Crippen LogP contribution < -0.4 is 0 Å². The first kappa shape index (κ1) is 33.2. The molecule has 60 heavy (non-hydrogen) atoms. The van der Waals surface area contributed by atoms with E-state index in [9.17, 15) is 0 Å². The van der Waals surface area contributed by atoms with E-state index in [4.69, 9.17) is 14.4 Å². The molecule has 0 bridgehead atoms. The summed E-state index contributed by atoms with van der Waals surface area (Å²) >= 11 is 0. The maximum absolute atomic E-state index is 6.71. The third kappa shape index (κ3) is 4.93. The number of fused-ring (bicyclic) bond motifs is 10. The molecule has 0 saturated heterocycles. The molecule has 0 unspecified atom stereocenters. The number of nitrogens with zero attached hydrogens (tertiary/aromatic N) is 4. The molecule has 0 aliphatic heterocycles. The fourth-order valence-electron chi connectivity index (χ4n) is 9.86. The zero-order valence-corrected chi connectivity index (χ0v) is 32.6. The van der Waals surface area contributed by atoms with Crippen LogP contribution in [0, 0.1) is 0 Å². The van der Waals surface area contributed by atoms with Crippen molar-refractivity contribution in [3.63, 3.8) is 0 Å². The molecular weight excluding hydrogens is 733 g/mol. The van der Waals surface area contributed by atoms with Gasteiger partial charge >= 0.3 is 0 Å². The lowest BCUT2D eigenvalue weighted by molar-refractivity contribution is 0.668. The molecule has 0 N–H and O–H groups in total. The molecule has 282 valence electrons. The first-order valence-electron chi connectivity index (χ1n) is 20.8. The van der Waals surface area contributed by atoms with Gasteiger partial charge in [0.1, 0.15) is 11.2 Å². The van der Waals surface area contributed by atoms with Gasteiger partial charge in [0.05, 0.1) is 33.5 Å². The Balaban J connectivity index is 0.937. The van der Waals surface area contributed by atoms with Gasteiger partial charge in [-0.25, -0.2) is 9.97 Å². The standard InChI is InChI=1S/C55H36N4O/c1-3-13-34(14-4-1)55-56-46-21-9-7-18-41(46)54(57-55)43-20-12-24-51-53(43)42-28-27-38(33-52(42)60-51)59-48-23-11-19-40(48)45-32-36(26-30-50(45)59)35-25-29-49-44(31-35)39-17-8-10-22-47(39)58(49)37-15-5-2-6-16-37/h1,3-5,7-18,20-33H,2,6,19H2. The zero-order chi connectivity index (χ0) is 39.3. The van der Waals surface area contributed by atoms with Crippen molar-refractivity contribution < 1.29 is 4.42 Å². The molecule has 5 nitrogen and oxygen atoms in total. The normalized spacial score (nSPS) is 13.8. The van der Waals surface area contributed by atoms with Crippen LogP contribution >= 0.6 is 0 Å². The van der Waals surface area contributed by atoms with Gasteiger partial charge in [-0.2, -0.15) is 0 Å². The number of hydrogen-bond donors (Lipinski definition) is 0. The molecule has 4 aromatic heterocycles. The van der Waals surface area contributed by atoms with E-state index in [1.54, 1.807) is 0 Å². The van der Waals surface area contributed by atoms with Crippen molar-refractivity contribution in [1.29, 1.82) is 0 Å². The molecule has 2 aliphatic rings. The highest BCUT2D eigenvalue weighted by Gasteiger charge is 2.23. The number of rotatable bonds is 5. The third-order valence-electron chi connectivity index (χ3n) is 12.6. The molecule has 5 heteroatoms. The predicted octanol–water partition coefficient (Wildman–Crippen LogP) is 14.3. The minimum absolute atomic E-state index is 0.708. The van der Waals surface area contributed by atoms with E-state index in [0.717, 1.165) is 74.6 Å². The Labute approximate surface area is 345 Å². The first-order chi connectivity index (χ1) is 29.7. The van der Waals surface area contributed by atoms with Crippen LogP contribution in [-0.4, -0.2) is 19.1 Å². The maximum Gasteiger partial charge on any atom is 0.160 e. The SMILES string of the molecule is C1=CC(n2c3ccccc3c3cc(-c4ccc5c(c4)c4c(n5-c5ccc6c(c5)oc5cccc(-c7nc(-c8ccccc8)nc8ccccc78)c56)C=CC4)ccc32)=CCC1. The fourth-order valence-corrected chi connectivity index (χ4v) is 9.86. The average Bonchev–Trinajstić information content (AvgIpc) is 4.09. The Kier molecular flexibility index (Phi) is 7.13. The highest BCUT2D eigenvalue weighted by molar-refractivity contribution is 6.15. The lowest BCUT2D eigenvalue weighted by atomic mass is 9.99. The van der Waals surface area contributed by atoms with Gasteiger partial charge in [0.25, 0.3) is 0 Å². The van der Waals surface area contributed by atoms with Crippen LogP contribution in [0.4, 0.5) is 0 Å². The third-order valence-corrected chi connectivity index (χ3v) is 12.6. The molecule has 0 radical (unpaired) electrons. The molecular formula is C55H36N4O. The molecule has 0 amide bonds. The molecule has 0 saturated carbocycles. The second-order valence-corrected chi connectivity index (χ2v) is 16.0. The van der Waals surface area contributed by atoms with Crippen LogP contribution in [0.5, 0.6) is 0 Å². The van der Waals surface area contributed by atoms with E-state index in [2.05, 4.69) is 167 Å². The number of benzene rings is 7. The number of aromatic nitrogens is 4. The Morgan fingerprint density at radius 2 is 1.28 bits per heavy atom. The van der Waals surface area contributed by atoms with Gasteiger partial charge in [0.2, 0.25) is 0 Å². The van der Waals surface area contributed by atoms with Crippen molar-refractivity contribution in [2.45, 2.75) is 19.3 Å². The van der Waals surface area contributed by atoms with E-state index in [0.29, 0.717) is 5.82 Å². The summed E-state index contributed by atoms with van der Waals surface area (Å²) in [5.41, 5.74) is 16.6. The summed E-state index contributed by atoms with van der Waals surface area (Å²) in [6.07, 6.45) is 14.5. The Morgan fingerprint density at radius 1 is 0.500 bits per heavy atom. The van der Waals surface area contributed by atoms with Gasteiger partial charge in [-0.15, -0.1) is 0 Å². The summed E-state index contributed by atoms with van der Waals surface area (Å²) in [6, 6.07) is 54.2. The van der Waals surface area contributed by atoms with Crippen molar-refractivity contribution in [2.24, 2.45) is 0 Å². The summed E-state index contributed by atoms with van der Waals surface area (Å²) in [6.45, 7) is 0. The van der Waals surface area contributed by atoms with Crippen LogP contribution in [-0.2, 0) is 6.42 Å². The van der Waals surface area contributed by atoms with Crippen LogP contribution in [0.1, 0.15) is 24.1 Å². The minimum Gasteiger partial charge on any atom is -0.456 e. The number of allylic oxidation sites excluding steroid dienone is 5. The highest BCUT2D eigenvalue weighted by Crippen LogP contribution is 2.43. The van der Waals surface area contributed by atoms with Gasteiger partial charge in [-0.05, 0) is 103 Å². The average molecular weight is 769 g/mol. The molecule has 4 heterocycles. The second kappa shape index (κ2) is 12.9. The van der Waals surface area contributed by atoms with E-state index in [1.165, 1.54) is 60.8 Å². The predicted molar refractivity (Wildman–Crippen MR) is 248 cm³/mol. The topological polar surface area (TPSA) is 48.8 Å². The summed E-state index contributed by atoms with van der Waals surface area (Å²) in [5.74, 6) is 0.708. The van der Waals surface area contributed by atoms with Crippen molar-refractivity contribution in [1.82, 2.24) is 19.1 Å². The quantitative estimate of drug-likeness (QED) is 0.175. The lowest BCUT2D eigenvalue weighted by Gasteiger charge is -2.12. The molecule has 0 fully saturated rings. The second-order valence-electron chi connectivity index (χ2n) is 16.0. The van der Waals surface area contributed by atoms with E-state index in [-0.39, 0.29) is 0 Å². The minimum atomic E-state index is 0.708. The van der Waals surface area contributed by atoms with E-state index >= 15 is 0 Å². The lowest BCUT2D eigenvalue weighted by Crippen LogP contribution is -1.97. The van der Waals surface area contributed by atoms with Crippen LogP contribution in [0.3, 0.4) is 0 Å². The van der Waals surface area contributed by atoms with Crippen LogP contribution in [0.2, 0.25) is 0 Å². The first-order valence-corrected chi connectivity index (χ1v) is 20.8. The molecule has 11 aromatic rings. The van der Waals surface area contributed by atoms with Gasteiger partial charge in [-0.1, -0.05) is 109 Å². The van der Waals surface area contributed by atoms with Crippen LogP contribution in [0.25, 0.3) is 117 Å². The van der Waals surface area contributed by atoms with Gasteiger partial charge < -0.3 is 13.6 Å². The van der Waals surface area contributed by atoms with Crippen molar-refractivity contribution >= 4 is 77.3 Å². The Morgan fingerprint density at radius 3 is 2.15 bits per heavy atom. The highest BCUT2D eigenvalue weighted by atomic mass is 16.3. The van der Waals surface area contributed by atoms with Crippen molar-refractivity contribution in [2.75, 3.05) is 0 Å². The molecule has 7 aromatic carbocycles. The van der Waals surface area contributed by atoms with Gasteiger partial charge in [0, 0.05) is 60.9 Å². The molecule has 13 rings (SSSR count). The summed E-state index contributed by atoms with van der Waals surface area (Å²) in [5, 5.41) is 6.97. The molecule has 2 aliphatic carbocycles. The monoisotopic (exact) mass is 768 g/mol. The summed E-state index contributed by atoms with van der Waals surface area (Å²) in [7, 11) is 0. The van der Waals surface area contributed by atoms with E-state index in [1.807, 2.05) is 24.3 Å². The molecule has 0 spiro atoms. The van der Waals surface area contributed by atoms with Gasteiger partial charge in [0.15, 0.2) is 5.82 Å². The number of hydrogen-bond acceptors (Lipinski definition) is 3.